The Kier molecular flexibility index (Phi) is 6.24. The topological polar surface area (TPSA) is 43.2 Å². The Morgan fingerprint density at radius 3 is 1.41 bits per heavy atom. The first-order chi connectivity index (χ1) is 19.3. The number of rotatable bonds is 6. The van der Waals surface area contributed by atoms with E-state index in [0.29, 0.717) is 13.2 Å². The number of nitrogens with zero attached hydrogens (tertiary/aromatic N) is 2. The average Bonchev–Trinajstić information content (AvgIpc) is 3.62. The summed E-state index contributed by atoms with van der Waals surface area (Å²) >= 11 is 0. The lowest BCUT2D eigenvalue weighted by molar-refractivity contribution is 0.249. The van der Waals surface area contributed by atoms with E-state index < -0.39 is 5.41 Å². The van der Waals surface area contributed by atoms with Gasteiger partial charge in [0.25, 0.3) is 0 Å². The van der Waals surface area contributed by atoms with Crippen molar-refractivity contribution in [1.29, 1.82) is 0 Å². The summed E-state index contributed by atoms with van der Waals surface area (Å²) in [7, 11) is 0. The molecule has 2 aliphatic heterocycles. The monoisotopic (exact) mass is 512 g/mol. The van der Waals surface area contributed by atoms with Crippen molar-refractivity contribution in [3.05, 3.63) is 131 Å². The molecule has 0 N–H and O–H groups in total. The highest BCUT2D eigenvalue weighted by atomic mass is 16.5. The van der Waals surface area contributed by atoms with E-state index in [1.807, 2.05) is 0 Å². The molecule has 3 aliphatic rings. The zero-order chi connectivity index (χ0) is 26.1. The highest BCUT2D eigenvalue weighted by Gasteiger charge is 2.50. The summed E-state index contributed by atoms with van der Waals surface area (Å²) < 4.78 is 13.0. The van der Waals surface area contributed by atoms with Crippen molar-refractivity contribution >= 4 is 11.8 Å². The van der Waals surface area contributed by atoms with Crippen LogP contribution in [0.15, 0.2) is 119 Å². The average molecular weight is 513 g/mol. The number of fused-ring (bicyclic) bond motifs is 3. The van der Waals surface area contributed by atoms with Crippen molar-refractivity contribution in [2.45, 2.75) is 37.8 Å². The normalized spacial score (nSPS) is 21.0. The standard InChI is InChI=1S/C35H32N2O2/c1-3-11-25(12-4-1)19-29-23-38-33(36-29)35(34-37-30(24-39-34)20-26-13-5-2-6-14-26)21-27-15-7-9-17-31(27)32-18-10-8-16-28(32)22-35/h1-18,29-30H,19-24H2/t29-,30-/m0/s1. The molecule has 194 valence electrons. The van der Waals surface area contributed by atoms with E-state index in [0.717, 1.165) is 37.5 Å². The van der Waals surface area contributed by atoms with Gasteiger partial charge < -0.3 is 9.47 Å². The third kappa shape index (κ3) is 4.65. The Balaban J connectivity index is 1.31. The van der Waals surface area contributed by atoms with E-state index in [4.69, 9.17) is 19.5 Å². The minimum atomic E-state index is -0.584. The van der Waals surface area contributed by atoms with Crippen molar-refractivity contribution in [2.24, 2.45) is 15.4 Å². The molecular weight excluding hydrogens is 480 g/mol. The molecule has 1 aliphatic carbocycles. The predicted molar refractivity (Wildman–Crippen MR) is 156 cm³/mol. The highest BCUT2D eigenvalue weighted by molar-refractivity contribution is 6.07. The molecule has 4 aromatic carbocycles. The molecular formula is C35H32N2O2. The summed E-state index contributed by atoms with van der Waals surface area (Å²) in [6.07, 6.45) is 3.20. The summed E-state index contributed by atoms with van der Waals surface area (Å²) in [5.41, 5.74) is 7.07. The van der Waals surface area contributed by atoms with Crippen LogP contribution in [0.1, 0.15) is 22.3 Å². The largest absolute Gasteiger partial charge is 0.478 e. The van der Waals surface area contributed by atoms with Crippen LogP contribution in [-0.4, -0.2) is 37.1 Å². The number of ether oxygens (including phenoxy) is 2. The maximum atomic E-state index is 6.52. The first kappa shape index (κ1) is 23.9. The van der Waals surface area contributed by atoms with E-state index in [2.05, 4.69) is 109 Å². The maximum Gasteiger partial charge on any atom is 0.200 e. The second-order valence-electron chi connectivity index (χ2n) is 10.9. The molecule has 0 saturated carbocycles. The van der Waals surface area contributed by atoms with Gasteiger partial charge in [0.1, 0.15) is 18.6 Å². The third-order valence-electron chi connectivity index (χ3n) is 8.18. The van der Waals surface area contributed by atoms with Crippen molar-refractivity contribution in [1.82, 2.24) is 0 Å². The predicted octanol–water partition coefficient (Wildman–Crippen LogP) is 6.52. The number of benzene rings is 4. The molecule has 4 nitrogen and oxygen atoms in total. The van der Waals surface area contributed by atoms with Crippen LogP contribution in [0.25, 0.3) is 11.1 Å². The maximum absolute atomic E-state index is 6.52. The van der Waals surface area contributed by atoms with Gasteiger partial charge in [-0.05, 0) is 59.1 Å². The highest BCUT2D eigenvalue weighted by Crippen LogP contribution is 2.44. The lowest BCUT2D eigenvalue weighted by Gasteiger charge is -2.31. The molecule has 7 rings (SSSR count). The van der Waals surface area contributed by atoms with E-state index in [1.165, 1.54) is 33.4 Å². The second-order valence-corrected chi connectivity index (χ2v) is 10.9. The molecule has 0 fully saturated rings. The van der Waals surface area contributed by atoms with Crippen LogP contribution < -0.4 is 0 Å². The number of hydrogen-bond acceptors (Lipinski definition) is 4. The van der Waals surface area contributed by atoms with Gasteiger partial charge in [-0.3, -0.25) is 0 Å². The number of hydrogen-bond donors (Lipinski definition) is 0. The summed E-state index contributed by atoms with van der Waals surface area (Å²) in [4.78, 5) is 10.5. The minimum Gasteiger partial charge on any atom is -0.478 e. The first-order valence-electron chi connectivity index (χ1n) is 13.9. The van der Waals surface area contributed by atoms with Crippen molar-refractivity contribution in [3.8, 4) is 11.1 Å². The molecule has 4 heteroatoms. The Labute approximate surface area is 230 Å². The molecule has 0 saturated heterocycles. The zero-order valence-electron chi connectivity index (χ0n) is 22.0. The summed E-state index contributed by atoms with van der Waals surface area (Å²) in [6.45, 7) is 1.16. The zero-order valence-corrected chi connectivity index (χ0v) is 22.0. The Morgan fingerprint density at radius 1 is 0.538 bits per heavy atom. The van der Waals surface area contributed by atoms with E-state index in [-0.39, 0.29) is 12.1 Å². The third-order valence-corrected chi connectivity index (χ3v) is 8.18. The first-order valence-corrected chi connectivity index (χ1v) is 13.9. The fraction of sp³-hybridized carbons (Fsp3) is 0.257. The number of aliphatic imine (C=N–C) groups is 2. The molecule has 39 heavy (non-hydrogen) atoms. The fourth-order valence-electron chi connectivity index (χ4n) is 6.32. The van der Waals surface area contributed by atoms with Gasteiger partial charge in [-0.2, -0.15) is 0 Å². The molecule has 0 spiro atoms. The smallest absolute Gasteiger partial charge is 0.200 e. The van der Waals surface area contributed by atoms with Gasteiger partial charge >= 0.3 is 0 Å². The van der Waals surface area contributed by atoms with Crippen LogP contribution >= 0.6 is 0 Å². The van der Waals surface area contributed by atoms with Crippen molar-refractivity contribution < 1.29 is 9.47 Å². The van der Waals surface area contributed by atoms with E-state index in [9.17, 15) is 0 Å². The van der Waals surface area contributed by atoms with Crippen LogP contribution in [0.4, 0.5) is 0 Å². The van der Waals surface area contributed by atoms with E-state index >= 15 is 0 Å². The van der Waals surface area contributed by atoms with Crippen LogP contribution in [0.5, 0.6) is 0 Å². The fourth-order valence-corrected chi connectivity index (χ4v) is 6.32. The Bertz CT molecular complexity index is 1410. The Hall–Kier alpha value is -4.18. The van der Waals surface area contributed by atoms with Gasteiger partial charge in [0.05, 0.1) is 12.1 Å². The SMILES string of the molecule is c1ccc(C[C@H]2COC(C3(C4=N[C@@H](Cc5ccccc5)CO4)Cc4ccccc4-c4ccccc4C3)=N2)cc1. The summed E-state index contributed by atoms with van der Waals surface area (Å²) in [5, 5.41) is 0. The molecule has 2 atom stereocenters. The summed E-state index contributed by atoms with van der Waals surface area (Å²) in [5.74, 6) is 1.54. The molecule has 0 radical (unpaired) electrons. The molecule has 0 bridgehead atoms. The second kappa shape index (κ2) is 10.2. The van der Waals surface area contributed by atoms with Crippen LogP contribution in [-0.2, 0) is 35.2 Å². The van der Waals surface area contributed by atoms with Crippen LogP contribution in [0, 0.1) is 5.41 Å². The quantitative estimate of drug-likeness (QED) is 0.295. The molecule has 0 aromatic heterocycles. The van der Waals surface area contributed by atoms with Crippen LogP contribution in [0.2, 0.25) is 0 Å². The molecule has 0 amide bonds. The van der Waals surface area contributed by atoms with Gasteiger partial charge in [-0.25, -0.2) is 9.98 Å². The van der Waals surface area contributed by atoms with Crippen molar-refractivity contribution in [2.75, 3.05) is 13.2 Å². The van der Waals surface area contributed by atoms with Crippen LogP contribution in [0.3, 0.4) is 0 Å². The Morgan fingerprint density at radius 2 is 0.949 bits per heavy atom. The minimum absolute atomic E-state index is 0.0788. The molecule has 2 heterocycles. The van der Waals surface area contributed by atoms with Gasteiger partial charge in [-0.15, -0.1) is 0 Å². The van der Waals surface area contributed by atoms with Crippen molar-refractivity contribution in [3.63, 3.8) is 0 Å². The lowest BCUT2D eigenvalue weighted by atomic mass is 9.77. The van der Waals surface area contributed by atoms with E-state index in [1.54, 1.807) is 0 Å². The molecule has 0 unspecified atom stereocenters. The summed E-state index contributed by atoms with van der Waals surface area (Å²) in [6, 6.07) is 38.7. The van der Waals surface area contributed by atoms with Gasteiger partial charge in [0.2, 0.25) is 0 Å². The van der Waals surface area contributed by atoms with Gasteiger partial charge in [-0.1, -0.05) is 109 Å². The lowest BCUT2D eigenvalue weighted by Crippen LogP contribution is -2.43. The van der Waals surface area contributed by atoms with Gasteiger partial charge in [0, 0.05) is 0 Å². The molecule has 4 aromatic rings. The van der Waals surface area contributed by atoms with Gasteiger partial charge in [0.15, 0.2) is 11.8 Å².